The van der Waals surface area contributed by atoms with Crippen LogP contribution in [0.4, 0.5) is 4.39 Å². The van der Waals surface area contributed by atoms with E-state index in [2.05, 4.69) is 27.1 Å². The van der Waals surface area contributed by atoms with E-state index in [-0.39, 0.29) is 5.82 Å². The van der Waals surface area contributed by atoms with Crippen LogP contribution in [-0.2, 0) is 0 Å². The molecule has 0 fully saturated rings. The van der Waals surface area contributed by atoms with E-state index in [9.17, 15) is 4.39 Å². The van der Waals surface area contributed by atoms with Crippen molar-refractivity contribution in [1.29, 1.82) is 0 Å². The SMILES string of the molecule is [CH2]C(N)c1nccc(-c2c[nH]nc2-c2ccc(F)cc2)n1. The molecule has 1 aromatic carbocycles. The van der Waals surface area contributed by atoms with Crippen molar-refractivity contribution >= 4 is 0 Å². The third-order valence-electron chi connectivity index (χ3n) is 3.04. The second-order valence-corrected chi connectivity index (χ2v) is 4.56. The average molecular weight is 282 g/mol. The minimum absolute atomic E-state index is 0.289. The van der Waals surface area contributed by atoms with Gasteiger partial charge in [-0.15, -0.1) is 0 Å². The molecule has 1 unspecified atom stereocenters. The van der Waals surface area contributed by atoms with E-state index in [1.54, 1.807) is 30.6 Å². The third kappa shape index (κ3) is 2.66. The quantitative estimate of drug-likeness (QED) is 0.773. The van der Waals surface area contributed by atoms with Crippen molar-refractivity contribution in [1.82, 2.24) is 20.2 Å². The number of hydrogen-bond acceptors (Lipinski definition) is 4. The maximum Gasteiger partial charge on any atom is 0.145 e. The highest BCUT2D eigenvalue weighted by molar-refractivity contribution is 5.78. The Morgan fingerprint density at radius 2 is 1.95 bits per heavy atom. The molecule has 1 atom stereocenters. The topological polar surface area (TPSA) is 80.5 Å². The van der Waals surface area contributed by atoms with Gasteiger partial charge in [0.25, 0.3) is 0 Å². The van der Waals surface area contributed by atoms with Crippen molar-refractivity contribution in [2.45, 2.75) is 6.04 Å². The number of nitrogens with two attached hydrogens (primary N) is 1. The molecule has 1 radical (unpaired) electrons. The summed E-state index contributed by atoms with van der Waals surface area (Å²) in [6.07, 6.45) is 3.36. The van der Waals surface area contributed by atoms with Gasteiger partial charge in [0.05, 0.1) is 11.7 Å². The fraction of sp³-hybridized carbons (Fsp3) is 0.0667. The van der Waals surface area contributed by atoms with Gasteiger partial charge >= 0.3 is 0 Å². The predicted molar refractivity (Wildman–Crippen MR) is 77.3 cm³/mol. The lowest BCUT2D eigenvalue weighted by Crippen LogP contribution is -2.10. The van der Waals surface area contributed by atoms with Gasteiger partial charge < -0.3 is 5.73 Å². The Kier molecular flexibility index (Phi) is 3.45. The number of H-pyrrole nitrogens is 1. The first-order chi connectivity index (χ1) is 10.1. The molecule has 2 heterocycles. The van der Waals surface area contributed by atoms with E-state index < -0.39 is 6.04 Å². The normalized spacial score (nSPS) is 12.3. The molecule has 2 aromatic heterocycles. The maximum atomic E-state index is 13.0. The Hall–Kier alpha value is -2.60. The third-order valence-corrected chi connectivity index (χ3v) is 3.04. The van der Waals surface area contributed by atoms with Crippen LogP contribution in [0.1, 0.15) is 11.9 Å². The lowest BCUT2D eigenvalue weighted by Gasteiger charge is -2.06. The Morgan fingerprint density at radius 1 is 1.19 bits per heavy atom. The van der Waals surface area contributed by atoms with Crippen molar-refractivity contribution in [2.75, 3.05) is 0 Å². The molecule has 0 saturated carbocycles. The van der Waals surface area contributed by atoms with Crippen molar-refractivity contribution in [2.24, 2.45) is 5.73 Å². The van der Waals surface area contributed by atoms with E-state index in [1.807, 2.05) is 0 Å². The zero-order chi connectivity index (χ0) is 14.8. The van der Waals surface area contributed by atoms with Crippen LogP contribution in [0.5, 0.6) is 0 Å². The summed E-state index contributed by atoms with van der Waals surface area (Å²) in [5.74, 6) is 0.168. The van der Waals surface area contributed by atoms with Crippen LogP contribution in [0, 0.1) is 12.7 Å². The number of halogens is 1. The molecule has 21 heavy (non-hydrogen) atoms. The first-order valence-electron chi connectivity index (χ1n) is 6.37. The molecule has 105 valence electrons. The molecule has 5 nitrogen and oxygen atoms in total. The maximum absolute atomic E-state index is 13.0. The molecule has 3 rings (SSSR count). The van der Waals surface area contributed by atoms with E-state index in [1.165, 1.54) is 12.1 Å². The number of benzene rings is 1. The van der Waals surface area contributed by atoms with E-state index in [0.717, 1.165) is 11.1 Å². The summed E-state index contributed by atoms with van der Waals surface area (Å²) in [5, 5.41) is 7.02. The van der Waals surface area contributed by atoms with Crippen molar-refractivity contribution in [3.05, 3.63) is 61.3 Å². The predicted octanol–water partition coefficient (Wildman–Crippen LogP) is 2.51. The Labute approximate surface area is 121 Å². The molecule has 3 aromatic rings. The van der Waals surface area contributed by atoms with Gasteiger partial charge in [-0.05, 0) is 37.3 Å². The highest BCUT2D eigenvalue weighted by Crippen LogP contribution is 2.29. The lowest BCUT2D eigenvalue weighted by molar-refractivity contribution is 0.628. The fourth-order valence-corrected chi connectivity index (χ4v) is 2.02. The summed E-state index contributed by atoms with van der Waals surface area (Å²) in [6, 6.07) is 7.40. The molecule has 0 bridgehead atoms. The molecule has 0 spiro atoms. The summed E-state index contributed by atoms with van der Waals surface area (Å²) in [7, 11) is 0. The molecule has 0 aliphatic rings. The van der Waals surface area contributed by atoms with Gasteiger partial charge in [0.2, 0.25) is 0 Å². The molecule has 0 saturated heterocycles. The highest BCUT2D eigenvalue weighted by Gasteiger charge is 2.13. The van der Waals surface area contributed by atoms with Crippen LogP contribution in [0.3, 0.4) is 0 Å². The van der Waals surface area contributed by atoms with Crippen LogP contribution in [0.15, 0.2) is 42.7 Å². The summed E-state index contributed by atoms with van der Waals surface area (Å²) < 4.78 is 13.0. The van der Waals surface area contributed by atoms with E-state index in [0.29, 0.717) is 17.2 Å². The molecular formula is C15H13FN5. The summed E-state index contributed by atoms with van der Waals surface area (Å²) in [6.45, 7) is 3.71. The van der Waals surface area contributed by atoms with Crippen LogP contribution in [-0.4, -0.2) is 20.2 Å². The number of aromatic amines is 1. The number of hydrogen-bond donors (Lipinski definition) is 2. The van der Waals surface area contributed by atoms with Crippen LogP contribution < -0.4 is 5.73 Å². The molecule has 6 heteroatoms. The summed E-state index contributed by atoms with van der Waals surface area (Å²) in [5.41, 5.74) is 8.67. The van der Waals surface area contributed by atoms with E-state index in [4.69, 9.17) is 5.73 Å². The standard InChI is InChI=1S/C15H13FN5/c1-9(17)15-18-7-6-13(20-15)12-8-19-21-14(12)10-2-4-11(16)5-3-10/h2-9H,1,17H2,(H,19,21). The van der Waals surface area contributed by atoms with Gasteiger partial charge in [0.1, 0.15) is 17.3 Å². The molecule has 0 aliphatic heterocycles. The minimum atomic E-state index is -0.494. The number of aromatic nitrogens is 4. The van der Waals surface area contributed by atoms with Gasteiger partial charge in [0.15, 0.2) is 0 Å². The van der Waals surface area contributed by atoms with Crippen LogP contribution in [0.2, 0.25) is 0 Å². The lowest BCUT2D eigenvalue weighted by atomic mass is 10.1. The van der Waals surface area contributed by atoms with E-state index >= 15 is 0 Å². The van der Waals surface area contributed by atoms with Crippen LogP contribution in [0.25, 0.3) is 22.5 Å². The summed E-state index contributed by atoms with van der Waals surface area (Å²) in [4.78, 5) is 8.47. The summed E-state index contributed by atoms with van der Waals surface area (Å²) >= 11 is 0. The minimum Gasteiger partial charge on any atom is -0.321 e. The molecule has 0 amide bonds. The number of nitrogens with zero attached hydrogens (tertiary/aromatic N) is 3. The second-order valence-electron chi connectivity index (χ2n) is 4.56. The Balaban J connectivity index is 2.06. The van der Waals surface area contributed by atoms with Gasteiger partial charge in [-0.2, -0.15) is 5.10 Å². The van der Waals surface area contributed by atoms with Crippen LogP contribution >= 0.6 is 0 Å². The fourth-order valence-electron chi connectivity index (χ4n) is 2.02. The van der Waals surface area contributed by atoms with Gasteiger partial charge in [0, 0.05) is 23.5 Å². The van der Waals surface area contributed by atoms with Gasteiger partial charge in [-0.3, -0.25) is 5.10 Å². The number of rotatable bonds is 3. The van der Waals surface area contributed by atoms with Gasteiger partial charge in [-0.25, -0.2) is 14.4 Å². The first kappa shape index (κ1) is 13.4. The second kappa shape index (κ2) is 5.41. The Morgan fingerprint density at radius 3 is 2.67 bits per heavy atom. The molecular weight excluding hydrogens is 269 g/mol. The monoisotopic (exact) mass is 282 g/mol. The number of nitrogens with one attached hydrogen (secondary N) is 1. The Bertz CT molecular complexity index is 749. The van der Waals surface area contributed by atoms with Crippen molar-refractivity contribution in [3.8, 4) is 22.5 Å². The average Bonchev–Trinajstić information content (AvgIpc) is 2.97. The zero-order valence-electron chi connectivity index (χ0n) is 11.1. The van der Waals surface area contributed by atoms with Crippen molar-refractivity contribution in [3.63, 3.8) is 0 Å². The highest BCUT2D eigenvalue weighted by atomic mass is 19.1. The molecule has 0 aliphatic carbocycles. The zero-order valence-corrected chi connectivity index (χ0v) is 11.1. The van der Waals surface area contributed by atoms with Crippen molar-refractivity contribution < 1.29 is 4.39 Å². The molecule has 3 N–H and O–H groups in total. The first-order valence-corrected chi connectivity index (χ1v) is 6.37. The largest absolute Gasteiger partial charge is 0.321 e. The van der Waals surface area contributed by atoms with Gasteiger partial charge in [-0.1, -0.05) is 0 Å². The smallest absolute Gasteiger partial charge is 0.145 e.